The van der Waals surface area contributed by atoms with Crippen LogP contribution in [0.4, 0.5) is 17.6 Å². The van der Waals surface area contributed by atoms with E-state index in [0.717, 1.165) is 25.9 Å². The van der Waals surface area contributed by atoms with Crippen molar-refractivity contribution in [3.05, 3.63) is 35.6 Å². The number of aliphatic imine (C=N–C) groups is 1. The molecule has 0 bridgehead atoms. The molecule has 0 aromatic heterocycles. The second-order valence-electron chi connectivity index (χ2n) is 6.56. The molecule has 1 aliphatic rings. The predicted molar refractivity (Wildman–Crippen MR) is 94.4 cm³/mol. The molecule has 1 saturated heterocycles. The van der Waals surface area contributed by atoms with Crippen LogP contribution in [0.1, 0.15) is 24.8 Å². The SMILES string of the molecule is CN=C(NCCC(F)(F)F)NCC1CCN(Cc2ccccc2F)CC1. The van der Waals surface area contributed by atoms with Gasteiger partial charge in [-0.25, -0.2) is 4.39 Å². The third-order valence-electron chi connectivity index (χ3n) is 4.54. The van der Waals surface area contributed by atoms with E-state index in [1.54, 1.807) is 19.2 Å². The quantitative estimate of drug-likeness (QED) is 0.457. The molecule has 2 N–H and O–H groups in total. The Hall–Kier alpha value is -1.83. The lowest BCUT2D eigenvalue weighted by Crippen LogP contribution is -2.43. The lowest BCUT2D eigenvalue weighted by Gasteiger charge is -2.32. The smallest absolute Gasteiger partial charge is 0.356 e. The van der Waals surface area contributed by atoms with E-state index in [-0.39, 0.29) is 12.4 Å². The van der Waals surface area contributed by atoms with Crippen LogP contribution in [-0.4, -0.2) is 50.3 Å². The molecule has 0 saturated carbocycles. The number of nitrogens with one attached hydrogen (secondary N) is 2. The van der Waals surface area contributed by atoms with Gasteiger partial charge in [-0.15, -0.1) is 0 Å². The highest BCUT2D eigenvalue weighted by Gasteiger charge is 2.26. The monoisotopic (exact) mass is 374 g/mol. The maximum atomic E-state index is 13.7. The summed E-state index contributed by atoms with van der Waals surface area (Å²) in [5.41, 5.74) is 0.707. The van der Waals surface area contributed by atoms with Crippen molar-refractivity contribution >= 4 is 5.96 Å². The van der Waals surface area contributed by atoms with E-state index in [1.807, 2.05) is 6.07 Å². The molecule has 1 fully saturated rings. The van der Waals surface area contributed by atoms with Gasteiger partial charge in [0.15, 0.2) is 5.96 Å². The Morgan fingerprint density at radius 3 is 2.50 bits per heavy atom. The van der Waals surface area contributed by atoms with Gasteiger partial charge in [0, 0.05) is 32.2 Å². The van der Waals surface area contributed by atoms with Crippen molar-refractivity contribution < 1.29 is 17.6 Å². The first-order valence-corrected chi connectivity index (χ1v) is 8.84. The zero-order valence-electron chi connectivity index (χ0n) is 14.9. The minimum Gasteiger partial charge on any atom is -0.356 e. The number of piperidine rings is 1. The van der Waals surface area contributed by atoms with Crippen LogP contribution >= 0.6 is 0 Å². The molecule has 2 rings (SSSR count). The van der Waals surface area contributed by atoms with Crippen molar-refractivity contribution in [2.24, 2.45) is 10.9 Å². The van der Waals surface area contributed by atoms with Crippen molar-refractivity contribution in [1.82, 2.24) is 15.5 Å². The Balaban J connectivity index is 1.67. The summed E-state index contributed by atoms with van der Waals surface area (Å²) in [4.78, 5) is 6.17. The highest BCUT2D eigenvalue weighted by Crippen LogP contribution is 2.20. The van der Waals surface area contributed by atoms with Crippen LogP contribution < -0.4 is 10.6 Å². The highest BCUT2D eigenvalue weighted by molar-refractivity contribution is 5.79. The van der Waals surface area contributed by atoms with Gasteiger partial charge in [0.05, 0.1) is 6.42 Å². The van der Waals surface area contributed by atoms with Gasteiger partial charge < -0.3 is 10.6 Å². The fourth-order valence-corrected chi connectivity index (χ4v) is 3.00. The molecule has 1 heterocycles. The third-order valence-corrected chi connectivity index (χ3v) is 4.54. The number of alkyl halides is 3. The van der Waals surface area contributed by atoms with Crippen molar-refractivity contribution in [1.29, 1.82) is 0 Å². The van der Waals surface area contributed by atoms with E-state index in [2.05, 4.69) is 20.5 Å². The highest BCUT2D eigenvalue weighted by atomic mass is 19.4. The molecule has 1 aliphatic heterocycles. The molecule has 0 amide bonds. The van der Waals surface area contributed by atoms with E-state index in [1.165, 1.54) is 6.07 Å². The third kappa shape index (κ3) is 7.19. The molecular formula is C18H26F4N4. The molecule has 0 spiro atoms. The first-order valence-electron chi connectivity index (χ1n) is 8.84. The van der Waals surface area contributed by atoms with Gasteiger partial charge in [-0.1, -0.05) is 18.2 Å². The minimum atomic E-state index is -4.17. The summed E-state index contributed by atoms with van der Waals surface area (Å²) < 4.78 is 50.2. The van der Waals surface area contributed by atoms with Crippen molar-refractivity contribution in [2.75, 3.05) is 33.2 Å². The van der Waals surface area contributed by atoms with Gasteiger partial charge in [-0.3, -0.25) is 9.89 Å². The fourth-order valence-electron chi connectivity index (χ4n) is 3.00. The van der Waals surface area contributed by atoms with Gasteiger partial charge >= 0.3 is 6.18 Å². The predicted octanol–water partition coefficient (Wildman–Crippen LogP) is 3.16. The maximum absolute atomic E-state index is 13.7. The first kappa shape index (κ1) is 20.5. The lowest BCUT2D eigenvalue weighted by molar-refractivity contribution is -0.132. The van der Waals surface area contributed by atoms with E-state index < -0.39 is 12.6 Å². The van der Waals surface area contributed by atoms with Gasteiger partial charge in [0.1, 0.15) is 5.82 Å². The van der Waals surface area contributed by atoms with Crippen LogP contribution in [0.15, 0.2) is 29.3 Å². The summed E-state index contributed by atoms with van der Waals surface area (Å²) in [7, 11) is 1.54. The first-order chi connectivity index (χ1) is 12.4. The molecule has 0 radical (unpaired) electrons. The standard InChI is InChI=1S/C18H26F4N4/c1-23-17(24-9-8-18(20,21)22)25-12-14-6-10-26(11-7-14)13-15-4-2-3-5-16(15)19/h2-5,14H,6-13H2,1H3,(H2,23,24,25). The maximum Gasteiger partial charge on any atom is 0.390 e. The van der Waals surface area contributed by atoms with Crippen LogP contribution in [0.3, 0.4) is 0 Å². The van der Waals surface area contributed by atoms with E-state index >= 15 is 0 Å². The van der Waals surface area contributed by atoms with E-state index in [0.29, 0.717) is 30.5 Å². The number of hydrogen-bond acceptors (Lipinski definition) is 2. The Morgan fingerprint density at radius 2 is 1.88 bits per heavy atom. The molecule has 146 valence electrons. The normalized spacial score (nSPS) is 17.3. The van der Waals surface area contributed by atoms with Crippen LogP contribution in [-0.2, 0) is 6.54 Å². The zero-order chi connectivity index (χ0) is 19.0. The average Bonchev–Trinajstić information content (AvgIpc) is 2.60. The number of likely N-dealkylation sites (tertiary alicyclic amines) is 1. The topological polar surface area (TPSA) is 39.7 Å². The molecule has 8 heteroatoms. The Morgan fingerprint density at radius 1 is 1.19 bits per heavy atom. The number of rotatable bonds is 6. The van der Waals surface area contributed by atoms with Gasteiger partial charge in [-0.2, -0.15) is 13.2 Å². The minimum absolute atomic E-state index is 0.176. The van der Waals surface area contributed by atoms with Gasteiger partial charge in [0.25, 0.3) is 0 Å². The number of benzene rings is 1. The summed E-state index contributed by atoms with van der Waals surface area (Å²) in [6, 6.07) is 6.81. The van der Waals surface area contributed by atoms with Gasteiger partial charge in [-0.05, 0) is 37.9 Å². The Kier molecular flexibility index (Phi) is 7.68. The Labute approximate surface area is 151 Å². The zero-order valence-corrected chi connectivity index (χ0v) is 14.9. The molecule has 0 aliphatic carbocycles. The number of guanidine groups is 1. The summed E-state index contributed by atoms with van der Waals surface area (Å²) >= 11 is 0. The van der Waals surface area contributed by atoms with Crippen molar-refractivity contribution in [3.63, 3.8) is 0 Å². The fraction of sp³-hybridized carbons (Fsp3) is 0.611. The summed E-state index contributed by atoms with van der Waals surface area (Å²) in [6.45, 7) is 2.83. The molecule has 1 aromatic carbocycles. The Bertz CT molecular complexity index is 581. The van der Waals surface area contributed by atoms with Crippen molar-refractivity contribution in [3.8, 4) is 0 Å². The van der Waals surface area contributed by atoms with Crippen LogP contribution in [0.25, 0.3) is 0 Å². The number of halogens is 4. The molecule has 0 unspecified atom stereocenters. The second-order valence-corrected chi connectivity index (χ2v) is 6.56. The van der Waals surface area contributed by atoms with Crippen LogP contribution in [0.2, 0.25) is 0 Å². The second kappa shape index (κ2) is 9.75. The largest absolute Gasteiger partial charge is 0.390 e. The molecular weight excluding hydrogens is 348 g/mol. The van der Waals surface area contributed by atoms with Crippen molar-refractivity contribution in [2.45, 2.75) is 32.0 Å². The van der Waals surface area contributed by atoms with E-state index in [9.17, 15) is 17.6 Å². The molecule has 26 heavy (non-hydrogen) atoms. The number of nitrogens with zero attached hydrogens (tertiary/aromatic N) is 2. The summed E-state index contributed by atoms with van der Waals surface area (Å²) in [5.74, 6) is 0.640. The van der Waals surface area contributed by atoms with Gasteiger partial charge in [0.2, 0.25) is 0 Å². The molecule has 1 aromatic rings. The van der Waals surface area contributed by atoms with Crippen LogP contribution in [0, 0.1) is 11.7 Å². The summed E-state index contributed by atoms with van der Waals surface area (Å²) in [5, 5.41) is 5.77. The lowest BCUT2D eigenvalue weighted by atomic mass is 9.96. The van der Waals surface area contributed by atoms with E-state index in [4.69, 9.17) is 0 Å². The number of hydrogen-bond donors (Lipinski definition) is 2. The molecule has 4 nitrogen and oxygen atoms in total. The van der Waals surface area contributed by atoms with Crippen LogP contribution in [0.5, 0.6) is 0 Å². The molecule has 0 atom stereocenters. The summed E-state index contributed by atoms with van der Waals surface area (Å²) in [6.07, 6.45) is -3.14. The average molecular weight is 374 g/mol.